The lowest BCUT2D eigenvalue weighted by Gasteiger charge is -2.28. The number of ether oxygens (including phenoxy) is 1. The van der Waals surface area contributed by atoms with Crippen LogP contribution in [0.1, 0.15) is 39.0 Å². The van der Waals surface area contributed by atoms with Crippen molar-refractivity contribution < 1.29 is 19.6 Å². The van der Waals surface area contributed by atoms with Crippen LogP contribution in [0.4, 0.5) is 5.69 Å². The Hall–Kier alpha value is -1.88. The van der Waals surface area contributed by atoms with Crippen LogP contribution in [0, 0.1) is 5.92 Å². The molecule has 3 atom stereocenters. The Morgan fingerprint density at radius 3 is 2.48 bits per heavy atom. The molecule has 1 aromatic rings. The zero-order valence-corrected chi connectivity index (χ0v) is 13.8. The number of rotatable bonds is 4. The van der Waals surface area contributed by atoms with Gasteiger partial charge in [0.25, 0.3) is 5.91 Å². The minimum Gasteiger partial charge on any atom is -0.497 e. The highest BCUT2D eigenvalue weighted by Crippen LogP contribution is 2.25. The summed E-state index contributed by atoms with van der Waals surface area (Å²) in [7, 11) is 1.59. The van der Waals surface area contributed by atoms with Gasteiger partial charge in [0.2, 0.25) is 5.91 Å². The molecular formula is C18H25N2O3+. The summed E-state index contributed by atoms with van der Waals surface area (Å²) < 4.78 is 5.12. The molecule has 23 heavy (non-hydrogen) atoms. The number of anilines is 1. The molecule has 1 aromatic carbocycles. The predicted molar refractivity (Wildman–Crippen MR) is 87.2 cm³/mol. The fraction of sp³-hybridized carbons (Fsp3) is 0.556. The lowest BCUT2D eigenvalue weighted by molar-refractivity contribution is -0.715. The van der Waals surface area contributed by atoms with Gasteiger partial charge in [-0.3, -0.25) is 9.59 Å². The number of hydrogen-bond donors (Lipinski definition) is 1. The van der Waals surface area contributed by atoms with Crippen LogP contribution in [0.2, 0.25) is 0 Å². The highest BCUT2D eigenvalue weighted by Gasteiger charge is 2.44. The Morgan fingerprint density at radius 2 is 1.83 bits per heavy atom. The van der Waals surface area contributed by atoms with Gasteiger partial charge in [-0.05, 0) is 43.5 Å². The number of quaternary nitrogens is 1. The number of amides is 2. The monoisotopic (exact) mass is 317 g/mol. The van der Waals surface area contributed by atoms with Crippen LogP contribution < -0.4 is 15.0 Å². The topological polar surface area (TPSA) is 63.2 Å². The summed E-state index contributed by atoms with van der Waals surface area (Å²) in [6.07, 6.45) is 5.16. The zero-order chi connectivity index (χ0) is 16.4. The van der Waals surface area contributed by atoms with Crippen LogP contribution in [-0.4, -0.2) is 31.0 Å². The molecule has 2 aliphatic rings. The molecule has 0 unspecified atom stereocenters. The second kappa shape index (κ2) is 6.71. The molecule has 2 fully saturated rings. The molecule has 1 heterocycles. The van der Waals surface area contributed by atoms with Gasteiger partial charge in [0.1, 0.15) is 5.75 Å². The van der Waals surface area contributed by atoms with E-state index in [-0.39, 0.29) is 17.9 Å². The van der Waals surface area contributed by atoms with Gasteiger partial charge in [0.15, 0.2) is 6.04 Å². The number of nitrogens with zero attached hydrogens (tertiary/aromatic N) is 1. The molecule has 1 saturated heterocycles. The first-order valence-corrected chi connectivity index (χ1v) is 8.46. The average Bonchev–Trinajstić information content (AvgIpc) is 2.84. The molecule has 0 bridgehead atoms. The molecule has 5 nitrogen and oxygen atoms in total. The maximum absolute atomic E-state index is 12.7. The first kappa shape index (κ1) is 16.0. The zero-order valence-electron chi connectivity index (χ0n) is 13.8. The smallest absolute Gasteiger partial charge is 0.292 e. The van der Waals surface area contributed by atoms with Gasteiger partial charge < -0.3 is 10.1 Å². The summed E-state index contributed by atoms with van der Waals surface area (Å²) in [6, 6.07) is 7.27. The van der Waals surface area contributed by atoms with Crippen molar-refractivity contribution >= 4 is 17.5 Å². The molecule has 1 aliphatic carbocycles. The minimum atomic E-state index is -0.268. The third-order valence-corrected chi connectivity index (χ3v) is 5.17. The summed E-state index contributed by atoms with van der Waals surface area (Å²) in [5, 5.41) is 2.15. The Kier molecular flexibility index (Phi) is 4.66. The maximum atomic E-state index is 12.7. The van der Waals surface area contributed by atoms with Gasteiger partial charge in [0.05, 0.1) is 25.3 Å². The SMILES string of the molecule is COc1ccc(N2C(=O)C[C@@H]([NH2+][C@@H]3CCCC[C@@H]3C)C2=O)cc1. The second-order valence-corrected chi connectivity index (χ2v) is 6.69. The summed E-state index contributed by atoms with van der Waals surface area (Å²) in [5.41, 5.74) is 0.633. The maximum Gasteiger partial charge on any atom is 0.292 e. The Bertz CT molecular complexity index is 584. The molecule has 2 N–H and O–H groups in total. The summed E-state index contributed by atoms with van der Waals surface area (Å²) in [5.74, 6) is 1.14. The highest BCUT2D eigenvalue weighted by atomic mass is 16.5. The summed E-state index contributed by atoms with van der Waals surface area (Å²) >= 11 is 0. The number of carbonyl (C=O) groups is 2. The normalized spacial score (nSPS) is 28.3. The van der Waals surface area contributed by atoms with E-state index in [2.05, 4.69) is 12.2 Å². The van der Waals surface area contributed by atoms with Crippen molar-refractivity contribution in [1.29, 1.82) is 0 Å². The Labute approximate surface area is 137 Å². The van der Waals surface area contributed by atoms with Crippen LogP contribution >= 0.6 is 0 Å². The van der Waals surface area contributed by atoms with Crippen LogP contribution in [0.5, 0.6) is 5.75 Å². The molecule has 2 amide bonds. The molecule has 5 heteroatoms. The van der Waals surface area contributed by atoms with Crippen molar-refractivity contribution in [2.45, 2.75) is 51.1 Å². The molecule has 1 saturated carbocycles. The van der Waals surface area contributed by atoms with Gasteiger partial charge in [-0.2, -0.15) is 0 Å². The van der Waals surface area contributed by atoms with Crippen molar-refractivity contribution in [2.75, 3.05) is 12.0 Å². The van der Waals surface area contributed by atoms with Gasteiger partial charge >= 0.3 is 0 Å². The average molecular weight is 317 g/mol. The number of imide groups is 1. The van der Waals surface area contributed by atoms with E-state index in [9.17, 15) is 9.59 Å². The lowest BCUT2D eigenvalue weighted by atomic mass is 9.85. The van der Waals surface area contributed by atoms with Crippen molar-refractivity contribution in [3.05, 3.63) is 24.3 Å². The number of carbonyl (C=O) groups excluding carboxylic acids is 2. The summed E-state index contributed by atoms with van der Waals surface area (Å²) in [4.78, 5) is 26.3. The lowest BCUT2D eigenvalue weighted by Crippen LogP contribution is -2.97. The van der Waals surface area contributed by atoms with Crippen LogP contribution in [0.25, 0.3) is 0 Å². The molecule has 3 rings (SSSR count). The Balaban J connectivity index is 1.71. The van der Waals surface area contributed by atoms with Gasteiger partial charge in [0, 0.05) is 5.92 Å². The highest BCUT2D eigenvalue weighted by molar-refractivity contribution is 6.21. The largest absolute Gasteiger partial charge is 0.497 e. The van der Waals surface area contributed by atoms with E-state index < -0.39 is 0 Å². The van der Waals surface area contributed by atoms with E-state index in [1.54, 1.807) is 31.4 Å². The van der Waals surface area contributed by atoms with Crippen LogP contribution in [0.3, 0.4) is 0 Å². The van der Waals surface area contributed by atoms with E-state index in [1.165, 1.54) is 24.2 Å². The van der Waals surface area contributed by atoms with E-state index in [4.69, 9.17) is 4.74 Å². The number of methoxy groups -OCH3 is 1. The number of hydrogen-bond acceptors (Lipinski definition) is 3. The fourth-order valence-electron chi connectivity index (χ4n) is 3.74. The van der Waals surface area contributed by atoms with Crippen LogP contribution in [-0.2, 0) is 9.59 Å². The first-order chi connectivity index (χ1) is 11.1. The molecular weight excluding hydrogens is 292 g/mol. The van der Waals surface area contributed by atoms with E-state index in [0.717, 1.165) is 6.42 Å². The van der Waals surface area contributed by atoms with Crippen LogP contribution in [0.15, 0.2) is 24.3 Å². The quantitative estimate of drug-likeness (QED) is 0.855. The summed E-state index contributed by atoms with van der Waals surface area (Å²) in [6.45, 7) is 2.25. The number of nitrogens with two attached hydrogens (primary N) is 1. The van der Waals surface area contributed by atoms with Gasteiger partial charge in [-0.1, -0.05) is 13.3 Å². The molecule has 0 aromatic heterocycles. The minimum absolute atomic E-state index is 0.0852. The second-order valence-electron chi connectivity index (χ2n) is 6.69. The van der Waals surface area contributed by atoms with E-state index in [1.807, 2.05) is 0 Å². The van der Waals surface area contributed by atoms with Crippen molar-refractivity contribution in [1.82, 2.24) is 0 Å². The molecule has 124 valence electrons. The van der Waals surface area contributed by atoms with Crippen molar-refractivity contribution in [2.24, 2.45) is 5.92 Å². The first-order valence-electron chi connectivity index (χ1n) is 8.46. The van der Waals surface area contributed by atoms with Crippen molar-refractivity contribution in [3.8, 4) is 5.75 Å². The molecule has 0 radical (unpaired) electrons. The number of benzene rings is 1. The third kappa shape index (κ3) is 3.24. The predicted octanol–water partition coefficient (Wildman–Crippen LogP) is 1.47. The van der Waals surface area contributed by atoms with Gasteiger partial charge in [-0.15, -0.1) is 0 Å². The van der Waals surface area contributed by atoms with E-state index >= 15 is 0 Å². The fourth-order valence-corrected chi connectivity index (χ4v) is 3.74. The van der Waals surface area contributed by atoms with E-state index in [0.29, 0.717) is 29.8 Å². The van der Waals surface area contributed by atoms with Crippen molar-refractivity contribution in [3.63, 3.8) is 0 Å². The van der Waals surface area contributed by atoms with Gasteiger partial charge in [-0.25, -0.2) is 4.90 Å². The molecule has 1 aliphatic heterocycles. The standard InChI is InChI=1S/C18H24N2O3/c1-12-5-3-4-6-15(12)19-16-11-17(21)20(18(16)22)13-7-9-14(23-2)10-8-13/h7-10,12,15-16,19H,3-6,11H2,1-2H3/p+1/t12-,15+,16+/m0/s1. The molecule has 0 spiro atoms. The Morgan fingerprint density at radius 1 is 1.13 bits per heavy atom. The third-order valence-electron chi connectivity index (χ3n) is 5.17.